The first-order valence-electron chi connectivity index (χ1n) is 10.3. The zero-order valence-corrected chi connectivity index (χ0v) is 18.3. The van der Waals surface area contributed by atoms with Crippen molar-refractivity contribution in [1.29, 1.82) is 0 Å². The van der Waals surface area contributed by atoms with Gasteiger partial charge in [0.25, 0.3) is 0 Å². The number of aliphatic hydroxyl groups is 1. The topological polar surface area (TPSA) is 89.7 Å². The Morgan fingerprint density at radius 1 is 1.15 bits per heavy atom. The molecule has 4 rings (SSSR count). The van der Waals surface area contributed by atoms with Crippen molar-refractivity contribution >= 4 is 17.1 Å². The molecule has 1 saturated heterocycles. The first-order valence-corrected chi connectivity index (χ1v) is 10.3. The number of pyridine rings is 1. The van der Waals surface area contributed by atoms with Crippen LogP contribution in [0.4, 0.5) is 18.0 Å². The number of carbonyl (C=O) groups is 1. The molecule has 1 aliphatic rings. The zero-order chi connectivity index (χ0) is 24.0. The van der Waals surface area contributed by atoms with Crippen LogP contribution in [0.1, 0.15) is 37.9 Å². The molecule has 0 aliphatic carbocycles. The number of ether oxygens (including phenoxy) is 2. The second-order valence-corrected chi connectivity index (χ2v) is 8.75. The van der Waals surface area contributed by atoms with E-state index >= 15 is 0 Å². The number of aliphatic hydroxyl groups excluding tert-OH is 1. The Labute approximate surface area is 187 Å². The van der Waals surface area contributed by atoms with Gasteiger partial charge in [-0.25, -0.2) is 14.5 Å². The molecule has 0 unspecified atom stereocenters. The molecule has 176 valence electrons. The standard InChI is InChI=1S/C22H23F3N4O4/c1-21(2,3)33-20(31)28-10-14(11-28)18-17-13(12-30)8-9-26-19(17)29(27-18)15-4-6-16(7-5-15)32-22(23,24)25/h4-9,14,30H,10-12H2,1-3H3. The van der Waals surface area contributed by atoms with Crippen molar-refractivity contribution in [2.75, 3.05) is 13.1 Å². The minimum Gasteiger partial charge on any atom is -0.444 e. The Hall–Kier alpha value is -3.34. The third-order valence-corrected chi connectivity index (χ3v) is 5.09. The molecule has 0 saturated carbocycles. The second-order valence-electron chi connectivity index (χ2n) is 8.75. The summed E-state index contributed by atoms with van der Waals surface area (Å²) in [6.07, 6.45) is -3.66. The Balaban J connectivity index is 1.65. The van der Waals surface area contributed by atoms with Crippen LogP contribution in [0.3, 0.4) is 0 Å². The molecule has 8 nitrogen and oxygen atoms in total. The van der Waals surface area contributed by atoms with E-state index in [0.717, 1.165) is 0 Å². The number of nitrogens with zero attached hydrogens (tertiary/aromatic N) is 4. The lowest BCUT2D eigenvalue weighted by atomic mass is 9.93. The molecule has 11 heteroatoms. The molecule has 0 atom stereocenters. The van der Waals surface area contributed by atoms with E-state index in [1.165, 1.54) is 35.1 Å². The van der Waals surface area contributed by atoms with Gasteiger partial charge in [0.05, 0.1) is 18.0 Å². The maximum Gasteiger partial charge on any atom is 0.573 e. The molecule has 1 aliphatic heterocycles. The highest BCUT2D eigenvalue weighted by Crippen LogP contribution is 2.35. The number of amides is 1. The fourth-order valence-corrected chi connectivity index (χ4v) is 3.65. The van der Waals surface area contributed by atoms with Crippen LogP contribution >= 0.6 is 0 Å². The molecule has 3 aromatic rings. The number of hydrogen-bond donors (Lipinski definition) is 1. The SMILES string of the molecule is CC(C)(C)OC(=O)N1CC(c2nn(-c3ccc(OC(F)(F)F)cc3)c3nccc(CO)c23)C1. The minimum absolute atomic E-state index is 0.108. The summed E-state index contributed by atoms with van der Waals surface area (Å²) in [5, 5.41) is 15.2. The number of carbonyl (C=O) groups excluding carboxylic acids is 1. The van der Waals surface area contributed by atoms with E-state index in [1.807, 2.05) is 0 Å². The van der Waals surface area contributed by atoms with Crippen molar-refractivity contribution in [2.45, 2.75) is 45.3 Å². The molecule has 2 aromatic heterocycles. The van der Waals surface area contributed by atoms with Gasteiger partial charge in [-0.1, -0.05) is 0 Å². The molecule has 3 heterocycles. The van der Waals surface area contributed by atoms with Gasteiger partial charge in [0.15, 0.2) is 5.65 Å². The van der Waals surface area contributed by atoms with Crippen LogP contribution in [-0.4, -0.2) is 55.9 Å². The van der Waals surface area contributed by atoms with Gasteiger partial charge in [0, 0.05) is 30.6 Å². The molecule has 1 fully saturated rings. The van der Waals surface area contributed by atoms with Crippen LogP contribution in [0.2, 0.25) is 0 Å². The summed E-state index contributed by atoms with van der Waals surface area (Å²) in [4.78, 5) is 18.2. The van der Waals surface area contributed by atoms with Crippen LogP contribution in [-0.2, 0) is 11.3 Å². The number of likely N-dealkylation sites (tertiary alicyclic amines) is 1. The number of rotatable bonds is 4. The third kappa shape index (κ3) is 4.87. The molecular formula is C22H23F3N4O4. The number of aromatic nitrogens is 3. The predicted octanol–water partition coefficient (Wildman–Crippen LogP) is 4.15. The summed E-state index contributed by atoms with van der Waals surface area (Å²) >= 11 is 0. The van der Waals surface area contributed by atoms with Crippen molar-refractivity contribution < 1.29 is 32.5 Å². The summed E-state index contributed by atoms with van der Waals surface area (Å²) in [7, 11) is 0. The molecule has 1 N–H and O–H groups in total. The first kappa shape index (κ1) is 22.8. The highest BCUT2D eigenvalue weighted by Gasteiger charge is 2.38. The van der Waals surface area contributed by atoms with Gasteiger partial charge >= 0.3 is 12.5 Å². The Kier molecular flexibility index (Phi) is 5.69. The van der Waals surface area contributed by atoms with Gasteiger partial charge in [0.1, 0.15) is 11.4 Å². The van der Waals surface area contributed by atoms with Crippen molar-refractivity contribution in [3.05, 3.63) is 47.8 Å². The van der Waals surface area contributed by atoms with Crippen molar-refractivity contribution in [1.82, 2.24) is 19.7 Å². The quantitative estimate of drug-likeness (QED) is 0.624. The monoisotopic (exact) mass is 464 g/mol. The largest absolute Gasteiger partial charge is 0.573 e. The van der Waals surface area contributed by atoms with Crippen LogP contribution in [0.5, 0.6) is 5.75 Å². The summed E-state index contributed by atoms with van der Waals surface area (Å²) in [5.74, 6) is -0.456. The average molecular weight is 464 g/mol. The normalized spacial score (nSPS) is 14.9. The van der Waals surface area contributed by atoms with Crippen molar-refractivity contribution in [2.24, 2.45) is 0 Å². The van der Waals surface area contributed by atoms with Gasteiger partial charge < -0.3 is 19.5 Å². The molecule has 33 heavy (non-hydrogen) atoms. The van der Waals surface area contributed by atoms with E-state index in [2.05, 4.69) is 14.8 Å². The van der Waals surface area contributed by atoms with E-state index in [4.69, 9.17) is 4.74 Å². The van der Waals surface area contributed by atoms with Crippen LogP contribution in [0.25, 0.3) is 16.7 Å². The fraction of sp³-hybridized carbons (Fsp3) is 0.409. The first-order chi connectivity index (χ1) is 15.4. The number of fused-ring (bicyclic) bond motifs is 1. The highest BCUT2D eigenvalue weighted by molar-refractivity contribution is 5.84. The predicted molar refractivity (Wildman–Crippen MR) is 112 cm³/mol. The van der Waals surface area contributed by atoms with Gasteiger partial charge in [-0.3, -0.25) is 0 Å². The molecule has 0 spiro atoms. The van der Waals surface area contributed by atoms with E-state index in [9.17, 15) is 23.1 Å². The molecular weight excluding hydrogens is 441 g/mol. The minimum atomic E-state index is -4.78. The van der Waals surface area contributed by atoms with Gasteiger partial charge in [-0.15, -0.1) is 13.2 Å². The number of alkyl halides is 3. The summed E-state index contributed by atoms with van der Waals surface area (Å²) in [6, 6.07) is 6.96. The molecule has 1 amide bonds. The summed E-state index contributed by atoms with van der Waals surface area (Å²) < 4.78 is 48.2. The lowest BCUT2D eigenvalue weighted by Crippen LogP contribution is -2.50. The van der Waals surface area contributed by atoms with Crippen molar-refractivity contribution in [3.8, 4) is 11.4 Å². The zero-order valence-electron chi connectivity index (χ0n) is 18.3. The number of hydrogen-bond acceptors (Lipinski definition) is 6. The smallest absolute Gasteiger partial charge is 0.444 e. The summed E-state index contributed by atoms with van der Waals surface area (Å²) in [6.45, 7) is 5.92. The maximum absolute atomic E-state index is 12.5. The number of halogens is 3. The van der Waals surface area contributed by atoms with Crippen molar-refractivity contribution in [3.63, 3.8) is 0 Å². The molecule has 0 bridgehead atoms. The van der Waals surface area contributed by atoms with Gasteiger partial charge in [-0.2, -0.15) is 5.10 Å². The van der Waals surface area contributed by atoms with E-state index < -0.39 is 18.1 Å². The van der Waals surface area contributed by atoms with Gasteiger partial charge in [-0.05, 0) is 56.7 Å². The Morgan fingerprint density at radius 2 is 1.82 bits per heavy atom. The second kappa shape index (κ2) is 8.22. The Bertz CT molecular complexity index is 1160. The number of benzene rings is 1. The maximum atomic E-state index is 12.5. The van der Waals surface area contributed by atoms with Crippen LogP contribution < -0.4 is 4.74 Å². The fourth-order valence-electron chi connectivity index (χ4n) is 3.65. The van der Waals surface area contributed by atoms with E-state index in [1.54, 1.807) is 31.7 Å². The lowest BCUT2D eigenvalue weighted by molar-refractivity contribution is -0.274. The van der Waals surface area contributed by atoms with Crippen LogP contribution in [0.15, 0.2) is 36.5 Å². The van der Waals surface area contributed by atoms with E-state index in [0.29, 0.717) is 41.1 Å². The lowest BCUT2D eigenvalue weighted by Gasteiger charge is -2.39. The van der Waals surface area contributed by atoms with E-state index in [-0.39, 0.29) is 18.3 Å². The molecule has 1 aromatic carbocycles. The highest BCUT2D eigenvalue weighted by atomic mass is 19.4. The third-order valence-electron chi connectivity index (χ3n) is 5.09. The molecule has 0 radical (unpaired) electrons. The average Bonchev–Trinajstić information content (AvgIpc) is 3.04. The Morgan fingerprint density at radius 3 is 2.39 bits per heavy atom. The summed E-state index contributed by atoms with van der Waals surface area (Å²) in [5.41, 5.74) is 1.60. The van der Waals surface area contributed by atoms with Gasteiger partial charge in [0.2, 0.25) is 0 Å². The van der Waals surface area contributed by atoms with Crippen LogP contribution in [0, 0.1) is 0 Å².